The normalized spacial score (nSPS) is 22.5. The van der Waals surface area contributed by atoms with Crippen LogP contribution in [0.1, 0.15) is 96.3 Å². The second-order valence-electron chi connectivity index (χ2n) is 5.30. The summed E-state index contributed by atoms with van der Waals surface area (Å²) in [7, 11) is 0. The third-order valence-electron chi connectivity index (χ3n) is 3.75. The standard InChI is InChI=1S/3C5H10.Nd/c3*1-2-4-5-3-1;/h3*1-5H2;. The van der Waals surface area contributed by atoms with E-state index >= 15 is 0 Å². The maximum atomic E-state index is 1.50. The minimum atomic E-state index is 0. The first kappa shape index (κ1) is 17.4. The summed E-state index contributed by atoms with van der Waals surface area (Å²) < 4.78 is 0. The Hall–Kier alpha value is 1.35. The largest absolute Gasteiger partial charge is 0.0533 e. The zero-order chi connectivity index (χ0) is 10.6. The van der Waals surface area contributed by atoms with Crippen molar-refractivity contribution in [2.45, 2.75) is 96.3 Å². The fraction of sp³-hybridized carbons (Fsp3) is 1.00. The summed E-state index contributed by atoms with van der Waals surface area (Å²) >= 11 is 0. The summed E-state index contributed by atoms with van der Waals surface area (Å²) in [6.07, 6.45) is 22.5. The van der Waals surface area contributed by atoms with E-state index in [1.54, 1.807) is 0 Å². The summed E-state index contributed by atoms with van der Waals surface area (Å²) in [5, 5.41) is 0. The third kappa shape index (κ3) is 11.8. The van der Waals surface area contributed by atoms with Crippen molar-refractivity contribution < 1.29 is 40.8 Å². The van der Waals surface area contributed by atoms with E-state index in [2.05, 4.69) is 0 Å². The van der Waals surface area contributed by atoms with Crippen LogP contribution in [-0.4, -0.2) is 0 Å². The number of rotatable bonds is 0. The Labute approximate surface area is 136 Å². The summed E-state index contributed by atoms with van der Waals surface area (Å²) in [5.41, 5.74) is 0. The molecule has 1 heteroatoms. The molecule has 0 saturated heterocycles. The molecule has 3 aliphatic carbocycles. The van der Waals surface area contributed by atoms with Gasteiger partial charge in [-0.2, -0.15) is 0 Å². The maximum absolute atomic E-state index is 1.50. The van der Waals surface area contributed by atoms with Crippen LogP contribution in [0.25, 0.3) is 0 Å². The molecule has 0 N–H and O–H groups in total. The van der Waals surface area contributed by atoms with Crippen molar-refractivity contribution in [3.05, 3.63) is 0 Å². The van der Waals surface area contributed by atoms with Crippen LogP contribution >= 0.6 is 0 Å². The van der Waals surface area contributed by atoms with Crippen molar-refractivity contribution in [1.29, 1.82) is 0 Å². The van der Waals surface area contributed by atoms with E-state index in [0.717, 1.165) is 0 Å². The van der Waals surface area contributed by atoms with E-state index in [1.165, 1.54) is 96.3 Å². The molecule has 0 nitrogen and oxygen atoms in total. The van der Waals surface area contributed by atoms with E-state index in [0.29, 0.717) is 0 Å². The second kappa shape index (κ2) is 14.4. The molecule has 0 radical (unpaired) electrons. The van der Waals surface area contributed by atoms with Gasteiger partial charge in [0.2, 0.25) is 0 Å². The Morgan fingerprint density at radius 3 is 0.312 bits per heavy atom. The summed E-state index contributed by atoms with van der Waals surface area (Å²) in [6.45, 7) is 0. The minimum Gasteiger partial charge on any atom is -0.0533 e. The van der Waals surface area contributed by atoms with Crippen molar-refractivity contribution in [2.75, 3.05) is 0 Å². The van der Waals surface area contributed by atoms with Crippen LogP contribution in [0.3, 0.4) is 0 Å². The van der Waals surface area contributed by atoms with Crippen LogP contribution in [0.5, 0.6) is 0 Å². The summed E-state index contributed by atoms with van der Waals surface area (Å²) in [6, 6.07) is 0. The molecule has 94 valence electrons. The zero-order valence-electron chi connectivity index (χ0n) is 11.1. The molecular weight excluding hydrogens is 324 g/mol. The Morgan fingerprint density at radius 1 is 0.188 bits per heavy atom. The average molecular weight is 355 g/mol. The molecule has 0 amide bonds. The Morgan fingerprint density at radius 2 is 0.250 bits per heavy atom. The van der Waals surface area contributed by atoms with Crippen molar-refractivity contribution in [1.82, 2.24) is 0 Å². The van der Waals surface area contributed by atoms with Crippen LogP contribution < -0.4 is 0 Å². The van der Waals surface area contributed by atoms with Gasteiger partial charge >= 0.3 is 0 Å². The van der Waals surface area contributed by atoms with Crippen LogP contribution in [0.15, 0.2) is 0 Å². The maximum Gasteiger partial charge on any atom is 0 e. The molecule has 3 saturated carbocycles. The molecular formula is C15H30Nd. The molecule has 0 aromatic carbocycles. The monoisotopic (exact) mass is 352 g/mol. The van der Waals surface area contributed by atoms with Crippen LogP contribution in [0.4, 0.5) is 0 Å². The molecule has 0 bridgehead atoms. The van der Waals surface area contributed by atoms with Crippen molar-refractivity contribution in [2.24, 2.45) is 0 Å². The molecule has 0 spiro atoms. The first-order valence-corrected chi connectivity index (χ1v) is 7.50. The van der Waals surface area contributed by atoms with Gasteiger partial charge in [-0.15, -0.1) is 0 Å². The van der Waals surface area contributed by atoms with E-state index in [1.807, 2.05) is 0 Å². The topological polar surface area (TPSA) is 0 Å². The second-order valence-corrected chi connectivity index (χ2v) is 5.30. The molecule has 0 aromatic rings. The van der Waals surface area contributed by atoms with Gasteiger partial charge in [0.15, 0.2) is 0 Å². The van der Waals surface area contributed by atoms with Gasteiger partial charge < -0.3 is 0 Å². The van der Waals surface area contributed by atoms with Crippen LogP contribution in [0, 0.1) is 40.8 Å². The van der Waals surface area contributed by atoms with Gasteiger partial charge in [0, 0.05) is 40.8 Å². The molecule has 0 atom stereocenters. The van der Waals surface area contributed by atoms with Crippen molar-refractivity contribution in [3.63, 3.8) is 0 Å². The summed E-state index contributed by atoms with van der Waals surface area (Å²) in [5.74, 6) is 0. The van der Waals surface area contributed by atoms with Gasteiger partial charge in [-0.1, -0.05) is 96.3 Å². The molecule has 3 aliphatic rings. The van der Waals surface area contributed by atoms with Crippen LogP contribution in [0.2, 0.25) is 0 Å². The molecule has 0 aromatic heterocycles. The summed E-state index contributed by atoms with van der Waals surface area (Å²) in [4.78, 5) is 0. The SMILES string of the molecule is C1CCCC1.C1CCCC1.C1CCCC1.[Nd]. The van der Waals surface area contributed by atoms with E-state index in [-0.39, 0.29) is 40.8 Å². The number of hydrogen-bond acceptors (Lipinski definition) is 0. The van der Waals surface area contributed by atoms with Gasteiger partial charge in [-0.05, 0) is 0 Å². The molecule has 3 rings (SSSR count). The van der Waals surface area contributed by atoms with E-state index in [9.17, 15) is 0 Å². The predicted octanol–water partition coefficient (Wildman–Crippen LogP) is 5.85. The van der Waals surface area contributed by atoms with Crippen molar-refractivity contribution in [3.8, 4) is 0 Å². The predicted molar refractivity (Wildman–Crippen MR) is 69.3 cm³/mol. The van der Waals surface area contributed by atoms with Gasteiger partial charge in [-0.3, -0.25) is 0 Å². The molecule has 0 aliphatic heterocycles. The smallest absolute Gasteiger partial charge is 0 e. The fourth-order valence-corrected chi connectivity index (χ4v) is 2.65. The molecule has 3 fully saturated rings. The quantitative estimate of drug-likeness (QED) is 0.512. The zero-order valence-corrected chi connectivity index (χ0v) is 14.3. The first-order valence-electron chi connectivity index (χ1n) is 7.50. The average Bonchev–Trinajstić information content (AvgIpc) is 3.09. The van der Waals surface area contributed by atoms with E-state index < -0.39 is 0 Å². The number of hydrogen-bond donors (Lipinski definition) is 0. The Bertz CT molecular complexity index is 64.0. The minimum absolute atomic E-state index is 0. The molecule has 0 heterocycles. The van der Waals surface area contributed by atoms with Gasteiger partial charge in [-0.25, -0.2) is 0 Å². The van der Waals surface area contributed by atoms with Crippen molar-refractivity contribution >= 4 is 0 Å². The molecule has 16 heavy (non-hydrogen) atoms. The van der Waals surface area contributed by atoms with Gasteiger partial charge in [0.25, 0.3) is 0 Å². The fourth-order valence-electron chi connectivity index (χ4n) is 2.65. The molecule has 0 unspecified atom stereocenters. The Balaban J connectivity index is 0.000000205. The van der Waals surface area contributed by atoms with Crippen LogP contribution in [-0.2, 0) is 0 Å². The van der Waals surface area contributed by atoms with E-state index in [4.69, 9.17) is 0 Å². The third-order valence-corrected chi connectivity index (χ3v) is 3.75. The van der Waals surface area contributed by atoms with Gasteiger partial charge in [0.05, 0.1) is 0 Å². The van der Waals surface area contributed by atoms with Gasteiger partial charge in [0.1, 0.15) is 0 Å². The first-order chi connectivity index (χ1) is 7.50. The Kier molecular flexibility index (Phi) is 15.6.